The van der Waals surface area contributed by atoms with Crippen LogP contribution in [0, 0.1) is 0 Å². The van der Waals surface area contributed by atoms with E-state index in [1.165, 1.54) is 7.11 Å². The van der Waals surface area contributed by atoms with Crippen molar-refractivity contribution in [1.82, 2.24) is 9.97 Å². The minimum Gasteiger partial charge on any atom is -0.496 e. The highest BCUT2D eigenvalue weighted by Gasteiger charge is 2.34. The first kappa shape index (κ1) is 18.7. The van der Waals surface area contributed by atoms with Crippen LogP contribution in [-0.4, -0.2) is 23.6 Å². The summed E-state index contributed by atoms with van der Waals surface area (Å²) >= 11 is 0. The Morgan fingerprint density at radius 1 is 0.963 bits per heavy atom. The predicted molar refractivity (Wildman–Crippen MR) is 97.7 cm³/mol. The van der Waals surface area contributed by atoms with Crippen molar-refractivity contribution in [3.8, 4) is 17.0 Å². The maximum absolute atomic E-state index is 13.3. The van der Waals surface area contributed by atoms with Crippen LogP contribution in [0.2, 0.25) is 0 Å². The average molecular weight is 373 g/mol. The van der Waals surface area contributed by atoms with E-state index in [1.807, 2.05) is 30.3 Å². The molecule has 0 aliphatic heterocycles. The van der Waals surface area contributed by atoms with Crippen LogP contribution in [0.1, 0.15) is 11.3 Å². The lowest BCUT2D eigenvalue weighted by molar-refractivity contribution is -0.141. The molecule has 0 spiro atoms. The molecule has 1 heterocycles. The number of anilines is 1. The summed E-state index contributed by atoms with van der Waals surface area (Å²) in [5.41, 5.74) is 0.693. The van der Waals surface area contributed by atoms with Gasteiger partial charge in [-0.1, -0.05) is 42.5 Å². The summed E-state index contributed by atoms with van der Waals surface area (Å²) in [5.74, 6) is 0.376. The maximum atomic E-state index is 13.3. The number of nitrogens with one attached hydrogen (secondary N) is 1. The average Bonchev–Trinajstić information content (AvgIpc) is 2.68. The zero-order chi connectivity index (χ0) is 19.3. The number of hydrogen-bond donors (Lipinski definition) is 1. The Morgan fingerprint density at radius 2 is 1.67 bits per heavy atom. The largest absolute Gasteiger partial charge is 0.496 e. The molecule has 140 valence electrons. The van der Waals surface area contributed by atoms with Gasteiger partial charge in [-0.15, -0.1) is 0 Å². The van der Waals surface area contributed by atoms with Gasteiger partial charge in [0, 0.05) is 12.1 Å². The van der Waals surface area contributed by atoms with Crippen molar-refractivity contribution < 1.29 is 17.9 Å². The fourth-order valence-electron chi connectivity index (χ4n) is 2.63. The third-order valence-electron chi connectivity index (χ3n) is 3.94. The standard InChI is InChI=1S/C20H18F3N3O/c1-27-17-10-6-5-9-15(17)16-13-18(20(21,22)23)26-19(25-16)24-12-11-14-7-3-2-4-8-14/h2-10,13H,11-12H2,1H3,(H,24,25,26). The quantitative estimate of drug-likeness (QED) is 0.673. The van der Waals surface area contributed by atoms with E-state index in [0.29, 0.717) is 24.3 Å². The van der Waals surface area contributed by atoms with Crippen LogP contribution < -0.4 is 10.1 Å². The molecule has 27 heavy (non-hydrogen) atoms. The molecular weight excluding hydrogens is 355 g/mol. The van der Waals surface area contributed by atoms with Crippen LogP contribution >= 0.6 is 0 Å². The molecule has 0 fully saturated rings. The number of para-hydroxylation sites is 1. The smallest absolute Gasteiger partial charge is 0.433 e. The molecule has 0 bridgehead atoms. The third-order valence-corrected chi connectivity index (χ3v) is 3.94. The van der Waals surface area contributed by atoms with Gasteiger partial charge in [-0.3, -0.25) is 0 Å². The van der Waals surface area contributed by atoms with Crippen molar-refractivity contribution in [2.45, 2.75) is 12.6 Å². The van der Waals surface area contributed by atoms with Gasteiger partial charge in [0.25, 0.3) is 0 Å². The summed E-state index contributed by atoms with van der Waals surface area (Å²) in [6.07, 6.45) is -3.93. The lowest BCUT2D eigenvalue weighted by Crippen LogP contribution is -2.14. The number of rotatable bonds is 6. The van der Waals surface area contributed by atoms with Crippen molar-refractivity contribution in [2.24, 2.45) is 0 Å². The van der Waals surface area contributed by atoms with Gasteiger partial charge < -0.3 is 10.1 Å². The summed E-state index contributed by atoms with van der Waals surface area (Å²) in [6.45, 7) is 0.413. The van der Waals surface area contributed by atoms with Crippen LogP contribution in [0.3, 0.4) is 0 Å². The van der Waals surface area contributed by atoms with Gasteiger partial charge in [0.2, 0.25) is 5.95 Å². The number of hydrogen-bond acceptors (Lipinski definition) is 4. The number of ether oxygens (including phenoxy) is 1. The van der Waals surface area contributed by atoms with E-state index in [9.17, 15) is 13.2 Å². The number of benzene rings is 2. The van der Waals surface area contributed by atoms with E-state index in [-0.39, 0.29) is 11.6 Å². The molecule has 7 heteroatoms. The molecule has 0 unspecified atom stereocenters. The first-order valence-corrected chi connectivity index (χ1v) is 8.35. The van der Waals surface area contributed by atoms with Gasteiger partial charge >= 0.3 is 6.18 Å². The minimum atomic E-state index is -4.57. The summed E-state index contributed by atoms with van der Waals surface area (Å²) in [6, 6.07) is 17.4. The highest BCUT2D eigenvalue weighted by atomic mass is 19.4. The molecule has 0 saturated heterocycles. The summed E-state index contributed by atoms with van der Waals surface area (Å²) in [4.78, 5) is 7.88. The third kappa shape index (κ3) is 4.75. The number of nitrogens with zero attached hydrogens (tertiary/aromatic N) is 2. The van der Waals surface area contributed by atoms with Gasteiger partial charge in [-0.05, 0) is 30.2 Å². The second-order valence-electron chi connectivity index (χ2n) is 5.82. The first-order valence-electron chi connectivity index (χ1n) is 8.35. The molecule has 0 amide bonds. The number of alkyl halides is 3. The fraction of sp³-hybridized carbons (Fsp3) is 0.200. The van der Waals surface area contributed by atoms with Crippen LogP contribution in [-0.2, 0) is 12.6 Å². The van der Waals surface area contributed by atoms with E-state index >= 15 is 0 Å². The Bertz CT molecular complexity index is 898. The molecule has 1 N–H and O–H groups in total. The zero-order valence-electron chi connectivity index (χ0n) is 14.6. The Labute approximate surface area is 155 Å². The van der Waals surface area contributed by atoms with E-state index in [0.717, 1.165) is 11.6 Å². The molecule has 0 radical (unpaired) electrons. The van der Waals surface area contributed by atoms with E-state index in [2.05, 4.69) is 15.3 Å². The van der Waals surface area contributed by atoms with Crippen LogP contribution in [0.15, 0.2) is 60.7 Å². The Morgan fingerprint density at radius 3 is 2.37 bits per heavy atom. The number of aromatic nitrogens is 2. The first-order chi connectivity index (χ1) is 13.0. The Kier molecular flexibility index (Phi) is 5.59. The van der Waals surface area contributed by atoms with E-state index in [4.69, 9.17) is 4.74 Å². The van der Waals surface area contributed by atoms with Crippen molar-refractivity contribution in [3.05, 3.63) is 71.9 Å². The zero-order valence-corrected chi connectivity index (χ0v) is 14.6. The molecule has 3 aromatic rings. The van der Waals surface area contributed by atoms with E-state index < -0.39 is 11.9 Å². The summed E-state index contributed by atoms with van der Waals surface area (Å²) in [5, 5.41) is 2.89. The molecular formula is C20H18F3N3O. The normalized spacial score (nSPS) is 11.3. The van der Waals surface area contributed by atoms with Crippen LogP contribution in [0.25, 0.3) is 11.3 Å². The minimum absolute atomic E-state index is 0.0679. The van der Waals surface area contributed by atoms with E-state index in [1.54, 1.807) is 24.3 Å². The van der Waals surface area contributed by atoms with Crippen molar-refractivity contribution >= 4 is 5.95 Å². The van der Waals surface area contributed by atoms with Gasteiger partial charge in [-0.25, -0.2) is 9.97 Å². The molecule has 3 rings (SSSR count). The maximum Gasteiger partial charge on any atom is 0.433 e. The van der Waals surface area contributed by atoms with Crippen molar-refractivity contribution in [1.29, 1.82) is 0 Å². The monoisotopic (exact) mass is 373 g/mol. The van der Waals surface area contributed by atoms with Crippen LogP contribution in [0.5, 0.6) is 5.75 Å². The molecule has 0 atom stereocenters. The predicted octanol–water partition coefficient (Wildman–Crippen LogP) is 4.83. The summed E-state index contributed by atoms with van der Waals surface area (Å²) in [7, 11) is 1.46. The molecule has 4 nitrogen and oxygen atoms in total. The Balaban J connectivity index is 1.89. The second kappa shape index (κ2) is 8.07. The van der Waals surface area contributed by atoms with Gasteiger partial charge in [0.15, 0.2) is 5.69 Å². The highest BCUT2D eigenvalue weighted by molar-refractivity contribution is 5.68. The molecule has 0 saturated carbocycles. The number of methoxy groups -OCH3 is 1. The SMILES string of the molecule is COc1ccccc1-c1cc(C(F)(F)F)nc(NCCc2ccccc2)n1. The lowest BCUT2D eigenvalue weighted by atomic mass is 10.1. The number of halogens is 3. The molecule has 0 aliphatic carbocycles. The van der Waals surface area contributed by atoms with Crippen LogP contribution in [0.4, 0.5) is 19.1 Å². The molecule has 1 aromatic heterocycles. The van der Waals surface area contributed by atoms with Crippen molar-refractivity contribution in [2.75, 3.05) is 19.0 Å². The lowest BCUT2D eigenvalue weighted by Gasteiger charge is -2.13. The van der Waals surface area contributed by atoms with Gasteiger partial charge in [0.1, 0.15) is 5.75 Å². The molecule has 0 aliphatic rings. The fourth-order valence-corrected chi connectivity index (χ4v) is 2.63. The topological polar surface area (TPSA) is 47.0 Å². The van der Waals surface area contributed by atoms with Crippen molar-refractivity contribution in [3.63, 3.8) is 0 Å². The van der Waals surface area contributed by atoms with Gasteiger partial charge in [-0.2, -0.15) is 13.2 Å². The molecule has 2 aromatic carbocycles. The highest BCUT2D eigenvalue weighted by Crippen LogP contribution is 2.34. The Hall–Kier alpha value is -3.09. The van der Waals surface area contributed by atoms with Gasteiger partial charge in [0.05, 0.1) is 12.8 Å². The second-order valence-corrected chi connectivity index (χ2v) is 5.82. The summed E-state index contributed by atoms with van der Waals surface area (Å²) < 4.78 is 45.1.